The molecule has 0 unspecified atom stereocenters. The molecule has 2 nitrogen and oxygen atoms in total. The third-order valence-corrected chi connectivity index (χ3v) is 1.44. The Morgan fingerprint density at radius 1 is 1.73 bits per heavy atom. The summed E-state index contributed by atoms with van der Waals surface area (Å²) in [6.07, 6.45) is 3.54. The third kappa shape index (κ3) is 2.16. The highest BCUT2D eigenvalue weighted by molar-refractivity contribution is 5.42. The predicted molar refractivity (Wildman–Crippen MR) is 47.1 cm³/mol. The van der Waals surface area contributed by atoms with Gasteiger partial charge in [0.1, 0.15) is 0 Å². The van der Waals surface area contributed by atoms with Crippen molar-refractivity contribution in [2.24, 2.45) is 0 Å². The second-order valence-corrected chi connectivity index (χ2v) is 2.32. The number of nitrogens with zero attached hydrogens (tertiary/aromatic N) is 1. The number of nitrogens with one attached hydrogen (secondary N) is 1. The van der Waals surface area contributed by atoms with E-state index < -0.39 is 0 Å². The highest BCUT2D eigenvalue weighted by Gasteiger charge is 1.90. The largest absolute Gasteiger partial charge is 0.316 e. The van der Waals surface area contributed by atoms with Crippen LogP contribution in [0.15, 0.2) is 24.9 Å². The molecular weight excluding hydrogens is 136 g/mol. The van der Waals surface area contributed by atoms with Crippen molar-refractivity contribution in [3.8, 4) is 0 Å². The van der Waals surface area contributed by atoms with Gasteiger partial charge in [-0.05, 0) is 30.8 Å². The van der Waals surface area contributed by atoms with E-state index >= 15 is 0 Å². The minimum atomic E-state index is 0.878. The lowest BCUT2D eigenvalue weighted by Crippen LogP contribution is -2.05. The molecule has 0 saturated heterocycles. The van der Waals surface area contributed by atoms with Crippen LogP contribution in [-0.2, 0) is 6.54 Å². The van der Waals surface area contributed by atoms with Gasteiger partial charge in [-0.3, -0.25) is 4.98 Å². The number of hydrogen-bond acceptors (Lipinski definition) is 2. The first-order valence-electron chi connectivity index (χ1n) is 3.59. The van der Waals surface area contributed by atoms with Crippen LogP contribution in [0, 0.1) is 0 Å². The Balaban J connectivity index is 2.82. The van der Waals surface area contributed by atoms with E-state index in [0.717, 1.165) is 12.2 Å². The summed E-state index contributed by atoms with van der Waals surface area (Å²) in [6.45, 7) is 4.53. The molecule has 0 aliphatic rings. The maximum absolute atomic E-state index is 4.09. The Hall–Kier alpha value is -1.15. The van der Waals surface area contributed by atoms with Gasteiger partial charge in [0.15, 0.2) is 0 Å². The quantitative estimate of drug-likeness (QED) is 0.701. The number of aromatic nitrogens is 1. The minimum Gasteiger partial charge on any atom is -0.316 e. The summed E-state index contributed by atoms with van der Waals surface area (Å²) in [6, 6.07) is 4.01. The first-order valence-corrected chi connectivity index (χ1v) is 3.59. The lowest BCUT2D eigenvalue weighted by molar-refractivity contribution is 0.815. The summed E-state index contributed by atoms with van der Waals surface area (Å²) in [4.78, 5) is 4.09. The summed E-state index contributed by atoms with van der Waals surface area (Å²) in [7, 11) is 1.92. The molecule has 1 rings (SSSR count). The van der Waals surface area contributed by atoms with Crippen LogP contribution in [0.1, 0.15) is 11.3 Å². The molecule has 1 aromatic heterocycles. The fraction of sp³-hybridized carbons (Fsp3) is 0.222. The number of hydrogen-bond donors (Lipinski definition) is 1. The molecule has 0 fully saturated rings. The Bertz CT molecular complexity index is 243. The average molecular weight is 148 g/mol. The standard InChI is InChI=1S/C9H12N2/c1-3-9-6-8(7-10-2)4-5-11-9/h3-6,10H,1,7H2,2H3. The van der Waals surface area contributed by atoms with E-state index in [1.807, 2.05) is 19.2 Å². The van der Waals surface area contributed by atoms with Crippen LogP contribution >= 0.6 is 0 Å². The smallest absolute Gasteiger partial charge is 0.0626 e. The Kier molecular flexibility index (Phi) is 2.81. The molecule has 0 amide bonds. The first-order chi connectivity index (χ1) is 5.36. The second-order valence-electron chi connectivity index (χ2n) is 2.32. The molecule has 58 valence electrons. The Morgan fingerprint density at radius 2 is 2.55 bits per heavy atom. The molecule has 0 aromatic carbocycles. The van der Waals surface area contributed by atoms with Gasteiger partial charge in [-0.2, -0.15) is 0 Å². The predicted octanol–water partition coefficient (Wildman–Crippen LogP) is 1.44. The molecule has 0 saturated carbocycles. The van der Waals surface area contributed by atoms with Crippen molar-refractivity contribution in [2.75, 3.05) is 7.05 Å². The molecular formula is C9H12N2. The first kappa shape index (κ1) is 7.95. The summed E-state index contributed by atoms with van der Waals surface area (Å²) >= 11 is 0. The van der Waals surface area contributed by atoms with Crippen LogP contribution in [0.2, 0.25) is 0 Å². The van der Waals surface area contributed by atoms with Gasteiger partial charge in [0.05, 0.1) is 5.69 Å². The highest BCUT2D eigenvalue weighted by Crippen LogP contribution is 2.01. The van der Waals surface area contributed by atoms with E-state index in [1.54, 1.807) is 12.3 Å². The monoisotopic (exact) mass is 148 g/mol. The van der Waals surface area contributed by atoms with Crippen molar-refractivity contribution < 1.29 is 0 Å². The topological polar surface area (TPSA) is 24.9 Å². The number of rotatable bonds is 3. The highest BCUT2D eigenvalue weighted by atomic mass is 14.8. The molecule has 1 N–H and O–H groups in total. The zero-order valence-corrected chi connectivity index (χ0v) is 6.67. The van der Waals surface area contributed by atoms with Gasteiger partial charge in [-0.25, -0.2) is 0 Å². The van der Waals surface area contributed by atoms with E-state index in [-0.39, 0.29) is 0 Å². The van der Waals surface area contributed by atoms with E-state index in [0.29, 0.717) is 0 Å². The molecule has 0 atom stereocenters. The Morgan fingerprint density at radius 3 is 3.18 bits per heavy atom. The summed E-state index contributed by atoms with van der Waals surface area (Å²) < 4.78 is 0. The van der Waals surface area contributed by atoms with Crippen LogP contribution in [0.3, 0.4) is 0 Å². The lowest BCUT2D eigenvalue weighted by atomic mass is 10.2. The molecule has 0 radical (unpaired) electrons. The Labute approximate surface area is 67.0 Å². The van der Waals surface area contributed by atoms with Crippen molar-refractivity contribution in [3.63, 3.8) is 0 Å². The molecule has 11 heavy (non-hydrogen) atoms. The van der Waals surface area contributed by atoms with Gasteiger partial charge >= 0.3 is 0 Å². The van der Waals surface area contributed by atoms with Crippen molar-refractivity contribution in [1.82, 2.24) is 10.3 Å². The van der Waals surface area contributed by atoms with Gasteiger partial charge in [-0.15, -0.1) is 0 Å². The fourth-order valence-corrected chi connectivity index (χ4v) is 0.920. The third-order valence-electron chi connectivity index (χ3n) is 1.44. The average Bonchev–Trinajstić information content (AvgIpc) is 2.06. The summed E-state index contributed by atoms with van der Waals surface area (Å²) in [5.41, 5.74) is 2.16. The van der Waals surface area contributed by atoms with Crippen molar-refractivity contribution in [3.05, 3.63) is 36.2 Å². The number of pyridine rings is 1. The SMILES string of the molecule is C=Cc1cc(CNC)ccn1. The normalized spacial score (nSPS) is 9.55. The molecule has 0 aliphatic carbocycles. The maximum Gasteiger partial charge on any atom is 0.0626 e. The van der Waals surface area contributed by atoms with Crippen LogP contribution in [0.4, 0.5) is 0 Å². The second kappa shape index (κ2) is 3.88. The van der Waals surface area contributed by atoms with Crippen LogP contribution in [0.5, 0.6) is 0 Å². The van der Waals surface area contributed by atoms with Gasteiger partial charge in [0.25, 0.3) is 0 Å². The van der Waals surface area contributed by atoms with Crippen molar-refractivity contribution in [2.45, 2.75) is 6.54 Å². The van der Waals surface area contributed by atoms with Crippen LogP contribution < -0.4 is 5.32 Å². The van der Waals surface area contributed by atoms with Crippen LogP contribution in [-0.4, -0.2) is 12.0 Å². The van der Waals surface area contributed by atoms with E-state index in [2.05, 4.69) is 16.9 Å². The summed E-state index contributed by atoms with van der Waals surface area (Å²) in [5, 5.41) is 3.07. The zero-order valence-electron chi connectivity index (χ0n) is 6.67. The lowest BCUT2D eigenvalue weighted by Gasteiger charge is -1.99. The molecule has 1 heterocycles. The van der Waals surface area contributed by atoms with Gasteiger partial charge < -0.3 is 5.32 Å². The molecule has 0 spiro atoms. The maximum atomic E-state index is 4.09. The van der Waals surface area contributed by atoms with Crippen molar-refractivity contribution in [1.29, 1.82) is 0 Å². The molecule has 2 heteroatoms. The van der Waals surface area contributed by atoms with E-state index in [9.17, 15) is 0 Å². The summed E-state index contributed by atoms with van der Waals surface area (Å²) in [5.74, 6) is 0. The van der Waals surface area contributed by atoms with E-state index in [1.165, 1.54) is 5.56 Å². The van der Waals surface area contributed by atoms with E-state index in [4.69, 9.17) is 0 Å². The zero-order chi connectivity index (χ0) is 8.10. The van der Waals surface area contributed by atoms with Gasteiger partial charge in [0.2, 0.25) is 0 Å². The molecule has 0 aliphatic heterocycles. The van der Waals surface area contributed by atoms with Gasteiger partial charge in [-0.1, -0.05) is 6.58 Å². The molecule has 1 aromatic rings. The minimum absolute atomic E-state index is 0.878. The fourth-order valence-electron chi connectivity index (χ4n) is 0.920. The van der Waals surface area contributed by atoms with Gasteiger partial charge in [0, 0.05) is 12.7 Å². The van der Waals surface area contributed by atoms with Crippen LogP contribution in [0.25, 0.3) is 6.08 Å². The van der Waals surface area contributed by atoms with Crippen molar-refractivity contribution >= 4 is 6.08 Å². The molecule has 0 bridgehead atoms.